The lowest BCUT2D eigenvalue weighted by Crippen LogP contribution is -2.67. The normalized spacial score (nSPS) is 30.7. The van der Waals surface area contributed by atoms with E-state index in [4.69, 9.17) is 9.47 Å². The minimum Gasteiger partial charge on any atom is -0.380 e. The second-order valence-corrected chi connectivity index (χ2v) is 8.79. The molecular formula is C20H29NO3S. The molecule has 2 aliphatic rings. The van der Waals surface area contributed by atoms with Crippen LogP contribution in [0.25, 0.3) is 0 Å². The lowest BCUT2D eigenvalue weighted by atomic mass is 9.58. The molecule has 1 N–H and O–H groups in total. The molecule has 1 aliphatic heterocycles. The summed E-state index contributed by atoms with van der Waals surface area (Å²) in [6.45, 7) is 7.32. The van der Waals surface area contributed by atoms with Gasteiger partial charge < -0.3 is 14.8 Å². The van der Waals surface area contributed by atoms with Crippen LogP contribution in [-0.4, -0.2) is 43.6 Å². The van der Waals surface area contributed by atoms with Crippen molar-refractivity contribution in [3.8, 4) is 0 Å². The quantitative estimate of drug-likeness (QED) is 0.782. The summed E-state index contributed by atoms with van der Waals surface area (Å²) in [6, 6.07) is 7.99. The Morgan fingerprint density at radius 1 is 1.40 bits per heavy atom. The van der Waals surface area contributed by atoms with E-state index in [1.807, 2.05) is 24.3 Å². The zero-order valence-electron chi connectivity index (χ0n) is 15.6. The summed E-state index contributed by atoms with van der Waals surface area (Å²) < 4.78 is 11.3. The van der Waals surface area contributed by atoms with Crippen molar-refractivity contribution in [2.24, 2.45) is 11.3 Å². The summed E-state index contributed by atoms with van der Waals surface area (Å²) in [7, 11) is 1.75. The number of carbonyl (C=O) groups excluding carboxylic acids is 1. The Labute approximate surface area is 155 Å². The summed E-state index contributed by atoms with van der Waals surface area (Å²) in [5.74, 6) is 1.23. The first kappa shape index (κ1) is 18.7. The van der Waals surface area contributed by atoms with Crippen LogP contribution < -0.4 is 5.32 Å². The molecule has 25 heavy (non-hydrogen) atoms. The highest BCUT2D eigenvalue weighted by atomic mass is 32.2. The first-order valence-corrected chi connectivity index (χ1v) is 10.1. The van der Waals surface area contributed by atoms with Crippen molar-refractivity contribution in [2.75, 3.05) is 19.5 Å². The molecule has 1 aliphatic carbocycles. The molecule has 4 nitrogen and oxygen atoms in total. The SMILES string of the molecule is CO[C@@H]1[C@H](C)[C@H](NC(=O)c2ccccc2SC[C@H]2CCCO2)C1(C)C. The van der Waals surface area contributed by atoms with Crippen molar-refractivity contribution < 1.29 is 14.3 Å². The van der Waals surface area contributed by atoms with Crippen molar-refractivity contribution in [1.82, 2.24) is 5.32 Å². The molecule has 4 atom stereocenters. The zero-order valence-corrected chi connectivity index (χ0v) is 16.4. The third-order valence-electron chi connectivity index (χ3n) is 5.66. The van der Waals surface area contributed by atoms with E-state index >= 15 is 0 Å². The molecule has 1 heterocycles. The van der Waals surface area contributed by atoms with Gasteiger partial charge in [-0.2, -0.15) is 0 Å². The number of amides is 1. The minimum absolute atomic E-state index is 0.00918. The van der Waals surface area contributed by atoms with Gasteiger partial charge in [0.2, 0.25) is 0 Å². The molecule has 0 radical (unpaired) electrons. The molecule has 0 spiro atoms. The summed E-state index contributed by atoms with van der Waals surface area (Å²) in [6.07, 6.45) is 2.76. The summed E-state index contributed by atoms with van der Waals surface area (Å²) >= 11 is 1.72. The monoisotopic (exact) mass is 363 g/mol. The standard InChI is InChI=1S/C20H29NO3S/c1-13-17(20(2,3)18(13)23-4)21-19(22)15-9-5-6-10-16(15)25-12-14-8-7-11-24-14/h5-6,9-10,13-14,17-18H,7-8,11-12H2,1-4H3,(H,21,22)/t13-,14-,17+,18-/m1/s1. The van der Waals surface area contributed by atoms with E-state index in [0.29, 0.717) is 12.0 Å². The van der Waals surface area contributed by atoms with Crippen LogP contribution in [0.15, 0.2) is 29.2 Å². The van der Waals surface area contributed by atoms with Crippen LogP contribution in [0.4, 0.5) is 0 Å². The van der Waals surface area contributed by atoms with Crippen LogP contribution in [-0.2, 0) is 9.47 Å². The average molecular weight is 364 g/mol. The lowest BCUT2D eigenvalue weighted by Gasteiger charge is -2.56. The molecule has 1 aromatic rings. The Bertz CT molecular complexity index is 613. The number of rotatable bonds is 6. The van der Waals surface area contributed by atoms with Gasteiger partial charge in [-0.3, -0.25) is 4.79 Å². The van der Waals surface area contributed by atoms with Crippen LogP contribution in [0.2, 0.25) is 0 Å². The molecule has 0 unspecified atom stereocenters. The van der Waals surface area contributed by atoms with Gasteiger partial charge in [0.05, 0.1) is 17.8 Å². The lowest BCUT2D eigenvalue weighted by molar-refractivity contribution is -0.141. The van der Waals surface area contributed by atoms with Gasteiger partial charge in [-0.15, -0.1) is 11.8 Å². The van der Waals surface area contributed by atoms with E-state index in [1.54, 1.807) is 18.9 Å². The number of nitrogens with one attached hydrogen (secondary N) is 1. The number of thioether (sulfide) groups is 1. The first-order valence-electron chi connectivity index (χ1n) is 9.12. The van der Waals surface area contributed by atoms with Crippen molar-refractivity contribution >= 4 is 17.7 Å². The molecule has 0 aromatic heterocycles. The van der Waals surface area contributed by atoms with Gasteiger partial charge in [0.1, 0.15) is 0 Å². The van der Waals surface area contributed by atoms with E-state index in [-0.39, 0.29) is 23.5 Å². The molecule has 2 fully saturated rings. The van der Waals surface area contributed by atoms with Crippen LogP contribution >= 0.6 is 11.8 Å². The highest BCUT2D eigenvalue weighted by Crippen LogP contribution is 2.47. The highest BCUT2D eigenvalue weighted by Gasteiger charge is 2.55. The van der Waals surface area contributed by atoms with Crippen LogP contribution in [0, 0.1) is 11.3 Å². The Balaban J connectivity index is 1.66. The minimum atomic E-state index is -0.0520. The predicted molar refractivity (Wildman–Crippen MR) is 101 cm³/mol. The van der Waals surface area contributed by atoms with Gasteiger partial charge in [-0.25, -0.2) is 0 Å². The van der Waals surface area contributed by atoms with E-state index in [1.165, 1.54) is 0 Å². The third-order valence-corrected chi connectivity index (χ3v) is 6.86. The zero-order chi connectivity index (χ0) is 18.0. The van der Waals surface area contributed by atoms with Gasteiger partial charge in [0.15, 0.2) is 0 Å². The van der Waals surface area contributed by atoms with Gasteiger partial charge in [0, 0.05) is 41.7 Å². The number of hydrogen-bond donors (Lipinski definition) is 1. The topological polar surface area (TPSA) is 47.6 Å². The van der Waals surface area contributed by atoms with Crippen LogP contribution in [0.5, 0.6) is 0 Å². The molecule has 1 saturated heterocycles. The van der Waals surface area contributed by atoms with Crippen molar-refractivity contribution in [3.05, 3.63) is 29.8 Å². The van der Waals surface area contributed by atoms with Crippen molar-refractivity contribution in [2.45, 2.75) is 56.8 Å². The summed E-state index contributed by atoms with van der Waals surface area (Å²) in [5, 5.41) is 3.24. The van der Waals surface area contributed by atoms with Gasteiger partial charge in [-0.1, -0.05) is 32.9 Å². The van der Waals surface area contributed by atoms with Gasteiger partial charge in [0.25, 0.3) is 5.91 Å². The molecule has 138 valence electrons. The smallest absolute Gasteiger partial charge is 0.252 e. The molecule has 1 saturated carbocycles. The number of carbonyl (C=O) groups is 1. The maximum absolute atomic E-state index is 12.9. The summed E-state index contributed by atoms with van der Waals surface area (Å²) in [5.41, 5.74) is 0.707. The van der Waals surface area contributed by atoms with Gasteiger partial charge in [-0.05, 0) is 25.0 Å². The Kier molecular flexibility index (Phi) is 5.76. The Morgan fingerprint density at radius 2 is 2.16 bits per heavy atom. The van der Waals surface area contributed by atoms with Crippen LogP contribution in [0.3, 0.4) is 0 Å². The maximum Gasteiger partial charge on any atom is 0.252 e. The van der Waals surface area contributed by atoms with E-state index in [2.05, 4.69) is 26.1 Å². The second-order valence-electron chi connectivity index (χ2n) is 7.73. The number of benzene rings is 1. The predicted octanol–water partition coefficient (Wildman–Crippen LogP) is 3.75. The van der Waals surface area contributed by atoms with E-state index in [9.17, 15) is 4.79 Å². The highest BCUT2D eigenvalue weighted by molar-refractivity contribution is 7.99. The van der Waals surface area contributed by atoms with Crippen LogP contribution in [0.1, 0.15) is 44.0 Å². The third kappa shape index (κ3) is 3.74. The van der Waals surface area contributed by atoms with Gasteiger partial charge >= 0.3 is 0 Å². The average Bonchev–Trinajstić information content (AvgIpc) is 3.11. The fraction of sp³-hybridized carbons (Fsp3) is 0.650. The van der Waals surface area contributed by atoms with E-state index < -0.39 is 0 Å². The molecular weight excluding hydrogens is 334 g/mol. The molecule has 0 bridgehead atoms. The maximum atomic E-state index is 12.9. The second kappa shape index (κ2) is 7.68. The molecule has 1 amide bonds. The largest absolute Gasteiger partial charge is 0.380 e. The molecule has 1 aromatic carbocycles. The fourth-order valence-corrected chi connectivity index (χ4v) is 5.50. The van der Waals surface area contributed by atoms with Crippen molar-refractivity contribution in [1.29, 1.82) is 0 Å². The summed E-state index contributed by atoms with van der Waals surface area (Å²) in [4.78, 5) is 13.9. The number of ether oxygens (including phenoxy) is 2. The number of hydrogen-bond acceptors (Lipinski definition) is 4. The van der Waals surface area contributed by atoms with Crippen molar-refractivity contribution in [3.63, 3.8) is 0 Å². The molecule has 3 rings (SSSR count). The number of methoxy groups -OCH3 is 1. The Morgan fingerprint density at radius 3 is 2.80 bits per heavy atom. The Hall–Kier alpha value is -1.04. The molecule has 5 heteroatoms. The van der Waals surface area contributed by atoms with E-state index in [0.717, 1.165) is 35.7 Å². The first-order chi connectivity index (χ1) is 11.9. The fourth-order valence-electron chi connectivity index (χ4n) is 4.38.